The second-order valence-electron chi connectivity index (χ2n) is 4.56. The van der Waals surface area contributed by atoms with Crippen LogP contribution in [0.1, 0.15) is 5.56 Å². The zero-order chi connectivity index (χ0) is 14.9. The van der Waals surface area contributed by atoms with Crippen LogP contribution in [0.4, 0.5) is 4.79 Å². The maximum absolute atomic E-state index is 12.1. The van der Waals surface area contributed by atoms with Crippen LogP contribution in [-0.4, -0.2) is 52.4 Å². The summed E-state index contributed by atoms with van der Waals surface area (Å²) in [6, 6.07) is 6.44. The van der Waals surface area contributed by atoms with Crippen LogP contribution in [0.5, 0.6) is 0 Å². The van der Waals surface area contributed by atoms with Gasteiger partial charge in [0.1, 0.15) is 12.6 Å². The normalized spacial score (nSPS) is 18.8. The number of hydrogen-bond acceptors (Lipinski definition) is 3. The topological polar surface area (TPSA) is 77.9 Å². The largest absolute Gasteiger partial charge is 0.480 e. The molecule has 1 fully saturated rings. The summed E-state index contributed by atoms with van der Waals surface area (Å²) in [4.78, 5) is 36.8. The number of rotatable bonds is 4. The van der Waals surface area contributed by atoms with Gasteiger partial charge in [0, 0.05) is 17.0 Å². The van der Waals surface area contributed by atoms with Crippen molar-refractivity contribution >= 4 is 40.5 Å². The lowest BCUT2D eigenvalue weighted by Crippen LogP contribution is -2.36. The summed E-state index contributed by atoms with van der Waals surface area (Å²) in [5.41, 5.74) is 0.931. The molecule has 0 bridgehead atoms. The Labute approximate surface area is 129 Å². The van der Waals surface area contributed by atoms with Crippen LogP contribution >= 0.6 is 22.6 Å². The molecule has 2 rings (SSSR count). The average molecular weight is 388 g/mol. The standard InChI is InChI=1S/C13H13IN2O4/c1-15-10(6-8-2-4-9(14)5-3-8)12(19)16(13(15)20)7-11(17)18/h2-5,10H,6-7H2,1H3,(H,17,18). The summed E-state index contributed by atoms with van der Waals surface area (Å²) in [7, 11) is 1.51. The highest BCUT2D eigenvalue weighted by molar-refractivity contribution is 14.1. The van der Waals surface area contributed by atoms with Gasteiger partial charge in [-0.25, -0.2) is 4.79 Å². The van der Waals surface area contributed by atoms with E-state index in [0.29, 0.717) is 6.42 Å². The fourth-order valence-corrected chi connectivity index (χ4v) is 2.47. The molecule has 3 amide bonds. The fourth-order valence-electron chi connectivity index (χ4n) is 2.11. The minimum absolute atomic E-state index is 0.383. The molecule has 1 unspecified atom stereocenters. The van der Waals surface area contributed by atoms with E-state index in [1.54, 1.807) is 0 Å². The Hall–Kier alpha value is -1.64. The summed E-state index contributed by atoms with van der Waals surface area (Å²) in [5, 5.41) is 8.74. The predicted molar refractivity (Wildman–Crippen MR) is 79.2 cm³/mol. The first-order chi connectivity index (χ1) is 9.40. The van der Waals surface area contributed by atoms with Crippen molar-refractivity contribution in [2.24, 2.45) is 0 Å². The molecule has 0 aliphatic carbocycles. The molecule has 1 atom stereocenters. The molecule has 0 aromatic heterocycles. The molecule has 1 heterocycles. The number of nitrogens with zero attached hydrogens (tertiary/aromatic N) is 2. The molecular formula is C13H13IN2O4. The summed E-state index contributed by atoms with van der Waals surface area (Å²) >= 11 is 2.18. The molecule has 7 heteroatoms. The molecule has 1 aromatic rings. The summed E-state index contributed by atoms with van der Waals surface area (Å²) < 4.78 is 1.08. The van der Waals surface area contributed by atoms with Gasteiger partial charge < -0.3 is 10.0 Å². The monoisotopic (exact) mass is 388 g/mol. The lowest BCUT2D eigenvalue weighted by molar-refractivity contribution is -0.141. The molecule has 1 saturated heterocycles. The summed E-state index contributed by atoms with van der Waals surface area (Å²) in [5.74, 6) is -1.66. The number of likely N-dealkylation sites (N-methyl/N-ethyl adjacent to an activating group) is 1. The molecule has 1 N–H and O–H groups in total. The van der Waals surface area contributed by atoms with E-state index in [2.05, 4.69) is 22.6 Å². The number of urea groups is 1. The van der Waals surface area contributed by atoms with Crippen LogP contribution in [-0.2, 0) is 16.0 Å². The molecule has 0 radical (unpaired) electrons. The van der Waals surface area contributed by atoms with E-state index in [4.69, 9.17) is 5.11 Å². The van der Waals surface area contributed by atoms with Gasteiger partial charge in [0.2, 0.25) is 0 Å². The number of aliphatic carboxylic acids is 1. The van der Waals surface area contributed by atoms with E-state index in [1.807, 2.05) is 24.3 Å². The van der Waals surface area contributed by atoms with Crippen molar-refractivity contribution in [1.82, 2.24) is 9.80 Å². The van der Waals surface area contributed by atoms with Crippen molar-refractivity contribution in [3.05, 3.63) is 33.4 Å². The van der Waals surface area contributed by atoms with Crippen LogP contribution < -0.4 is 0 Å². The van der Waals surface area contributed by atoms with Gasteiger partial charge in [0.05, 0.1) is 0 Å². The third kappa shape index (κ3) is 2.92. The Kier molecular flexibility index (Phi) is 4.26. The van der Waals surface area contributed by atoms with E-state index in [9.17, 15) is 14.4 Å². The average Bonchev–Trinajstić information content (AvgIpc) is 2.58. The van der Waals surface area contributed by atoms with E-state index in [0.717, 1.165) is 14.0 Å². The van der Waals surface area contributed by atoms with Gasteiger partial charge in [0.15, 0.2) is 0 Å². The minimum atomic E-state index is -1.20. The maximum atomic E-state index is 12.1. The number of carbonyl (C=O) groups is 3. The maximum Gasteiger partial charge on any atom is 0.327 e. The van der Waals surface area contributed by atoms with Crippen LogP contribution in [0.2, 0.25) is 0 Å². The summed E-state index contributed by atoms with van der Waals surface area (Å²) in [6.45, 7) is -0.592. The number of carboxylic acids is 1. The van der Waals surface area contributed by atoms with Crippen LogP contribution in [0.25, 0.3) is 0 Å². The first-order valence-electron chi connectivity index (χ1n) is 5.94. The van der Waals surface area contributed by atoms with Gasteiger partial charge in [-0.1, -0.05) is 12.1 Å². The van der Waals surface area contributed by atoms with E-state index in [-0.39, 0.29) is 0 Å². The van der Waals surface area contributed by atoms with Crippen molar-refractivity contribution in [1.29, 1.82) is 0 Å². The van der Waals surface area contributed by atoms with Gasteiger partial charge in [-0.2, -0.15) is 0 Å². The molecule has 20 heavy (non-hydrogen) atoms. The Morgan fingerprint density at radius 1 is 1.30 bits per heavy atom. The molecule has 1 aliphatic rings. The number of hydrogen-bond donors (Lipinski definition) is 1. The molecule has 1 aliphatic heterocycles. The molecular weight excluding hydrogens is 375 g/mol. The smallest absolute Gasteiger partial charge is 0.327 e. The first-order valence-corrected chi connectivity index (χ1v) is 7.02. The third-order valence-corrected chi connectivity index (χ3v) is 3.91. The van der Waals surface area contributed by atoms with Gasteiger partial charge in [-0.3, -0.25) is 14.5 Å². The zero-order valence-electron chi connectivity index (χ0n) is 10.7. The number of imide groups is 1. The Bertz CT molecular complexity index is 558. The van der Waals surface area contributed by atoms with Crippen LogP contribution in [0, 0.1) is 3.57 Å². The van der Waals surface area contributed by atoms with Gasteiger partial charge in [-0.15, -0.1) is 0 Å². The lowest BCUT2D eigenvalue weighted by atomic mass is 10.1. The number of halogens is 1. The Balaban J connectivity index is 2.16. The predicted octanol–water partition coefficient (Wildman–Crippen LogP) is 1.18. The molecule has 106 valence electrons. The van der Waals surface area contributed by atoms with Crippen molar-refractivity contribution in [2.75, 3.05) is 13.6 Å². The Morgan fingerprint density at radius 3 is 2.45 bits per heavy atom. The highest BCUT2D eigenvalue weighted by Crippen LogP contribution is 2.20. The first kappa shape index (κ1) is 14.8. The second-order valence-corrected chi connectivity index (χ2v) is 5.80. The fraction of sp³-hybridized carbons (Fsp3) is 0.308. The third-order valence-electron chi connectivity index (χ3n) is 3.19. The number of amides is 3. The van der Waals surface area contributed by atoms with E-state index >= 15 is 0 Å². The highest BCUT2D eigenvalue weighted by atomic mass is 127. The number of benzene rings is 1. The lowest BCUT2D eigenvalue weighted by Gasteiger charge is -2.15. The zero-order valence-corrected chi connectivity index (χ0v) is 12.9. The van der Waals surface area contributed by atoms with Crippen LogP contribution in [0.15, 0.2) is 24.3 Å². The quantitative estimate of drug-likeness (QED) is 0.621. The van der Waals surface area contributed by atoms with Crippen molar-refractivity contribution in [2.45, 2.75) is 12.5 Å². The van der Waals surface area contributed by atoms with Crippen molar-refractivity contribution in [3.8, 4) is 0 Å². The molecule has 6 nitrogen and oxygen atoms in total. The van der Waals surface area contributed by atoms with E-state index in [1.165, 1.54) is 11.9 Å². The molecule has 0 spiro atoms. The number of carboxylic acid groups (broad SMARTS) is 1. The summed E-state index contributed by atoms with van der Waals surface area (Å²) in [6.07, 6.45) is 0.383. The number of carbonyl (C=O) groups excluding carboxylic acids is 2. The van der Waals surface area contributed by atoms with Crippen molar-refractivity contribution < 1.29 is 19.5 Å². The second kappa shape index (κ2) is 5.78. The highest BCUT2D eigenvalue weighted by Gasteiger charge is 2.43. The minimum Gasteiger partial charge on any atom is -0.480 e. The van der Waals surface area contributed by atoms with E-state index < -0.39 is 30.5 Å². The van der Waals surface area contributed by atoms with Crippen molar-refractivity contribution in [3.63, 3.8) is 0 Å². The SMILES string of the molecule is CN1C(=O)N(CC(=O)O)C(=O)C1Cc1ccc(I)cc1. The molecule has 0 saturated carbocycles. The van der Waals surface area contributed by atoms with Crippen LogP contribution in [0.3, 0.4) is 0 Å². The van der Waals surface area contributed by atoms with Gasteiger partial charge >= 0.3 is 12.0 Å². The van der Waals surface area contributed by atoms with Gasteiger partial charge in [-0.05, 0) is 40.3 Å². The van der Waals surface area contributed by atoms with Gasteiger partial charge in [0.25, 0.3) is 5.91 Å². The molecule has 1 aromatic carbocycles. The Morgan fingerprint density at radius 2 is 1.90 bits per heavy atom.